The summed E-state index contributed by atoms with van der Waals surface area (Å²) in [6.45, 7) is 2.17. The topological polar surface area (TPSA) is 83.8 Å². The standard InChI is InChI=1S/2C2H4O2.C2H6O/c2*1-2(3)4;1-3-2/h2*1H3,(H,3,4);1-2H3. The number of rotatable bonds is 0. The Morgan fingerprint density at radius 3 is 1.00 bits per heavy atom. The Morgan fingerprint density at radius 1 is 1.00 bits per heavy atom. The lowest BCUT2D eigenvalue weighted by Crippen LogP contribution is -1.78. The third kappa shape index (κ3) is 350. The number of aliphatic carboxylic acids is 2. The van der Waals surface area contributed by atoms with Gasteiger partial charge in [-0.25, -0.2) is 0 Å². The predicted octanol–water partition coefficient (Wildman–Crippen LogP) is 0.444. The van der Waals surface area contributed by atoms with Gasteiger partial charge in [-0.05, 0) is 0 Å². The van der Waals surface area contributed by atoms with Crippen LogP contribution in [0.4, 0.5) is 0 Å². The predicted molar refractivity (Wildman–Crippen MR) is 39.6 cm³/mol. The summed E-state index contributed by atoms with van der Waals surface area (Å²) in [4.78, 5) is 18.0. The second-order valence-corrected chi connectivity index (χ2v) is 1.45. The average molecular weight is 166 g/mol. The molecule has 0 unspecified atom stereocenters. The van der Waals surface area contributed by atoms with Gasteiger partial charge in [0.25, 0.3) is 11.9 Å². The van der Waals surface area contributed by atoms with Crippen molar-refractivity contribution in [3.8, 4) is 0 Å². The Labute approximate surface area is 65.6 Å². The molecular formula is C6H14O5. The fraction of sp³-hybridized carbons (Fsp3) is 0.667. The molecule has 5 nitrogen and oxygen atoms in total. The maximum atomic E-state index is 9.00. The van der Waals surface area contributed by atoms with E-state index in [-0.39, 0.29) is 0 Å². The summed E-state index contributed by atoms with van der Waals surface area (Å²) in [5, 5.41) is 14.8. The van der Waals surface area contributed by atoms with Crippen LogP contribution in [0.5, 0.6) is 0 Å². The molecule has 0 aromatic rings. The highest BCUT2D eigenvalue weighted by Gasteiger charge is 1.65. The van der Waals surface area contributed by atoms with Crippen LogP contribution in [0.1, 0.15) is 13.8 Å². The summed E-state index contributed by atoms with van der Waals surface area (Å²) in [6.07, 6.45) is 0. The van der Waals surface area contributed by atoms with Crippen LogP contribution in [-0.4, -0.2) is 36.4 Å². The monoisotopic (exact) mass is 166 g/mol. The van der Waals surface area contributed by atoms with E-state index in [9.17, 15) is 0 Å². The minimum atomic E-state index is -0.833. The van der Waals surface area contributed by atoms with Crippen LogP contribution in [0.25, 0.3) is 0 Å². The van der Waals surface area contributed by atoms with Crippen molar-refractivity contribution in [1.29, 1.82) is 0 Å². The lowest BCUT2D eigenvalue weighted by Gasteiger charge is -1.61. The SMILES string of the molecule is CC(=O)O.CC(=O)O.COC. The minimum absolute atomic E-state index is 0.833. The Bertz CT molecular complexity index is 79.1. The number of methoxy groups -OCH3 is 1. The van der Waals surface area contributed by atoms with E-state index in [0.717, 1.165) is 13.8 Å². The van der Waals surface area contributed by atoms with E-state index in [4.69, 9.17) is 19.8 Å². The lowest BCUT2D eigenvalue weighted by atomic mass is 10.9. The summed E-state index contributed by atoms with van der Waals surface area (Å²) >= 11 is 0. The fourth-order valence-electron chi connectivity index (χ4n) is 0. The quantitative estimate of drug-likeness (QED) is 0.545. The highest BCUT2D eigenvalue weighted by molar-refractivity contribution is 5.63. The van der Waals surface area contributed by atoms with Crippen LogP contribution >= 0.6 is 0 Å². The van der Waals surface area contributed by atoms with Gasteiger partial charge in [0.1, 0.15) is 0 Å². The van der Waals surface area contributed by atoms with Gasteiger partial charge in [0.05, 0.1) is 0 Å². The van der Waals surface area contributed by atoms with Crippen LogP contribution in [-0.2, 0) is 14.3 Å². The third-order valence-electron chi connectivity index (χ3n) is 0. The first-order valence-electron chi connectivity index (χ1n) is 2.67. The molecule has 0 saturated heterocycles. The molecule has 0 aliphatic rings. The smallest absolute Gasteiger partial charge is 0.300 e. The van der Waals surface area contributed by atoms with Gasteiger partial charge in [-0.15, -0.1) is 0 Å². The van der Waals surface area contributed by atoms with Crippen molar-refractivity contribution in [1.82, 2.24) is 0 Å². The van der Waals surface area contributed by atoms with E-state index in [2.05, 4.69) is 4.74 Å². The second kappa shape index (κ2) is 16.0. The largest absolute Gasteiger partial charge is 0.481 e. The summed E-state index contributed by atoms with van der Waals surface area (Å²) < 4.78 is 4.25. The third-order valence-corrected chi connectivity index (χ3v) is 0. The molecule has 0 aliphatic heterocycles. The first-order chi connectivity index (χ1) is 4.88. The molecule has 0 spiro atoms. The van der Waals surface area contributed by atoms with Crippen molar-refractivity contribution in [3.63, 3.8) is 0 Å². The first-order valence-corrected chi connectivity index (χ1v) is 2.67. The molecule has 5 heteroatoms. The van der Waals surface area contributed by atoms with Gasteiger partial charge in [0.15, 0.2) is 0 Å². The first kappa shape index (κ1) is 16.5. The van der Waals surface area contributed by atoms with Gasteiger partial charge in [0.2, 0.25) is 0 Å². The molecule has 0 aromatic heterocycles. The maximum Gasteiger partial charge on any atom is 0.300 e. The summed E-state index contributed by atoms with van der Waals surface area (Å²) in [5.74, 6) is -1.67. The number of carboxylic acids is 2. The summed E-state index contributed by atoms with van der Waals surface area (Å²) in [6, 6.07) is 0. The molecule has 0 aromatic carbocycles. The normalized spacial score (nSPS) is 6.18. The van der Waals surface area contributed by atoms with Crippen molar-refractivity contribution < 1.29 is 24.5 Å². The molecule has 0 fully saturated rings. The van der Waals surface area contributed by atoms with Crippen LogP contribution in [0.2, 0.25) is 0 Å². The molecule has 68 valence electrons. The maximum absolute atomic E-state index is 9.00. The Hall–Kier alpha value is -1.10. The molecule has 0 aliphatic carbocycles. The van der Waals surface area contributed by atoms with Crippen molar-refractivity contribution in [2.45, 2.75) is 13.8 Å². The number of carboxylic acid groups (broad SMARTS) is 2. The molecular weight excluding hydrogens is 152 g/mol. The van der Waals surface area contributed by atoms with Crippen LogP contribution in [0, 0.1) is 0 Å². The Kier molecular flexibility index (Phi) is 23.9. The molecule has 2 N–H and O–H groups in total. The Balaban J connectivity index is -0.0000000886. The zero-order valence-electron chi connectivity index (χ0n) is 7.12. The van der Waals surface area contributed by atoms with Gasteiger partial charge in [-0.2, -0.15) is 0 Å². The number of hydrogen-bond donors (Lipinski definition) is 2. The van der Waals surface area contributed by atoms with Crippen molar-refractivity contribution in [2.75, 3.05) is 14.2 Å². The number of ether oxygens (including phenoxy) is 1. The van der Waals surface area contributed by atoms with Crippen LogP contribution in [0.15, 0.2) is 0 Å². The van der Waals surface area contributed by atoms with E-state index >= 15 is 0 Å². The van der Waals surface area contributed by atoms with Crippen molar-refractivity contribution in [2.24, 2.45) is 0 Å². The minimum Gasteiger partial charge on any atom is -0.481 e. The van der Waals surface area contributed by atoms with Crippen LogP contribution < -0.4 is 0 Å². The van der Waals surface area contributed by atoms with E-state index in [1.54, 1.807) is 14.2 Å². The summed E-state index contributed by atoms with van der Waals surface area (Å²) in [5.41, 5.74) is 0. The van der Waals surface area contributed by atoms with Gasteiger partial charge < -0.3 is 14.9 Å². The molecule has 0 radical (unpaired) electrons. The van der Waals surface area contributed by atoms with Crippen molar-refractivity contribution in [3.05, 3.63) is 0 Å². The van der Waals surface area contributed by atoms with E-state index in [1.807, 2.05) is 0 Å². The van der Waals surface area contributed by atoms with E-state index in [1.165, 1.54) is 0 Å². The van der Waals surface area contributed by atoms with Crippen LogP contribution in [0.3, 0.4) is 0 Å². The molecule has 0 amide bonds. The highest BCUT2D eigenvalue weighted by Crippen LogP contribution is 1.42. The van der Waals surface area contributed by atoms with Gasteiger partial charge in [-0.1, -0.05) is 0 Å². The molecule has 11 heavy (non-hydrogen) atoms. The highest BCUT2D eigenvalue weighted by atomic mass is 16.4. The van der Waals surface area contributed by atoms with Crippen molar-refractivity contribution >= 4 is 11.9 Å². The zero-order chi connectivity index (χ0) is 9.86. The van der Waals surface area contributed by atoms with E-state index < -0.39 is 11.9 Å². The van der Waals surface area contributed by atoms with Gasteiger partial charge >= 0.3 is 0 Å². The molecule has 0 saturated carbocycles. The molecule has 0 rings (SSSR count). The molecule has 0 heterocycles. The second-order valence-electron chi connectivity index (χ2n) is 1.45. The fourth-order valence-corrected chi connectivity index (χ4v) is 0. The number of hydrogen-bond acceptors (Lipinski definition) is 3. The zero-order valence-corrected chi connectivity index (χ0v) is 7.12. The van der Waals surface area contributed by atoms with E-state index in [0.29, 0.717) is 0 Å². The average Bonchev–Trinajstić information content (AvgIpc) is 1.60. The number of carbonyl (C=O) groups is 2. The molecule has 0 atom stereocenters. The molecule has 0 bridgehead atoms. The van der Waals surface area contributed by atoms with Gasteiger partial charge in [-0.3, -0.25) is 9.59 Å². The Morgan fingerprint density at radius 2 is 1.00 bits per heavy atom. The summed E-state index contributed by atoms with van der Waals surface area (Å²) in [7, 11) is 3.25. The lowest BCUT2D eigenvalue weighted by molar-refractivity contribution is -0.135. The van der Waals surface area contributed by atoms with Gasteiger partial charge in [0, 0.05) is 28.1 Å².